The van der Waals surface area contributed by atoms with E-state index in [0.717, 1.165) is 12.8 Å². The second-order valence-corrected chi connectivity index (χ2v) is 6.38. The summed E-state index contributed by atoms with van der Waals surface area (Å²) in [6.45, 7) is 7.72. The van der Waals surface area contributed by atoms with Gasteiger partial charge in [0.2, 0.25) is 10.0 Å². The molecule has 78 valence electrons. The van der Waals surface area contributed by atoms with Crippen molar-refractivity contribution in [1.29, 1.82) is 0 Å². The lowest BCUT2D eigenvalue weighted by Crippen LogP contribution is -2.43. The van der Waals surface area contributed by atoms with Crippen molar-refractivity contribution in [3.8, 4) is 0 Å². The third-order valence-corrected chi connectivity index (χ3v) is 5.00. The Hall–Kier alpha value is -0.0900. The number of rotatable bonds is 4. The highest BCUT2D eigenvalue weighted by Gasteiger charge is 2.41. The van der Waals surface area contributed by atoms with Gasteiger partial charge in [0, 0.05) is 12.1 Å². The molecule has 0 radical (unpaired) electrons. The molecule has 0 aromatic heterocycles. The molecule has 0 aliphatic heterocycles. The van der Waals surface area contributed by atoms with Crippen molar-refractivity contribution < 1.29 is 8.42 Å². The van der Waals surface area contributed by atoms with E-state index in [-0.39, 0.29) is 17.3 Å². The van der Waals surface area contributed by atoms with Crippen molar-refractivity contribution in [2.24, 2.45) is 0 Å². The van der Waals surface area contributed by atoms with Crippen LogP contribution in [-0.2, 0) is 10.0 Å². The van der Waals surface area contributed by atoms with Crippen LogP contribution in [0.25, 0.3) is 0 Å². The first-order valence-electron chi connectivity index (χ1n) is 4.89. The first kappa shape index (κ1) is 11.0. The zero-order valence-electron chi connectivity index (χ0n) is 8.82. The predicted octanol–water partition coefficient (Wildman–Crippen LogP) is 1.60. The van der Waals surface area contributed by atoms with Gasteiger partial charge in [0.15, 0.2) is 0 Å². The second kappa shape index (κ2) is 3.58. The number of hydrogen-bond donors (Lipinski definition) is 0. The van der Waals surface area contributed by atoms with Crippen LogP contribution in [0.4, 0.5) is 0 Å². The maximum atomic E-state index is 11.9. The highest BCUT2D eigenvalue weighted by molar-refractivity contribution is 7.90. The molecule has 0 atom stereocenters. The normalized spacial score (nSPS) is 19.0. The molecular formula is C9H19NO2S. The molecule has 4 heteroatoms. The molecular weight excluding hydrogens is 186 g/mol. The Labute approximate surface area is 81.2 Å². The molecule has 1 rings (SSSR count). The molecule has 0 bridgehead atoms. The fraction of sp³-hybridized carbons (Fsp3) is 1.00. The third-order valence-electron chi connectivity index (χ3n) is 2.26. The first-order chi connectivity index (χ1) is 5.87. The standard InChI is InChI=1S/C9H19NO2S/c1-7(2)10(8(3)4)13(11,12)9-5-6-9/h7-9H,5-6H2,1-4H3. The molecule has 1 fully saturated rings. The monoisotopic (exact) mass is 205 g/mol. The molecule has 0 aromatic rings. The Kier molecular flexibility index (Phi) is 3.02. The van der Waals surface area contributed by atoms with Crippen molar-refractivity contribution in [2.45, 2.75) is 57.9 Å². The van der Waals surface area contributed by atoms with E-state index in [4.69, 9.17) is 0 Å². The van der Waals surface area contributed by atoms with Gasteiger partial charge in [-0.15, -0.1) is 0 Å². The summed E-state index contributed by atoms with van der Waals surface area (Å²) in [6.07, 6.45) is 1.69. The fourth-order valence-corrected chi connectivity index (χ4v) is 3.97. The van der Waals surface area contributed by atoms with E-state index in [1.165, 1.54) is 0 Å². The quantitative estimate of drug-likeness (QED) is 0.699. The molecule has 1 aliphatic carbocycles. The van der Waals surface area contributed by atoms with E-state index < -0.39 is 10.0 Å². The van der Waals surface area contributed by atoms with Crippen molar-refractivity contribution >= 4 is 10.0 Å². The molecule has 1 saturated carbocycles. The lowest BCUT2D eigenvalue weighted by atomic mass is 10.3. The van der Waals surface area contributed by atoms with Gasteiger partial charge in [-0.05, 0) is 40.5 Å². The summed E-state index contributed by atoms with van der Waals surface area (Å²) in [4.78, 5) is 0. The van der Waals surface area contributed by atoms with Crippen molar-refractivity contribution in [2.75, 3.05) is 0 Å². The largest absolute Gasteiger partial charge is 0.217 e. The fourth-order valence-electron chi connectivity index (χ4n) is 1.72. The van der Waals surface area contributed by atoms with Crippen molar-refractivity contribution in [3.63, 3.8) is 0 Å². The zero-order chi connectivity index (χ0) is 10.2. The molecule has 1 aliphatic rings. The van der Waals surface area contributed by atoms with E-state index in [1.54, 1.807) is 4.31 Å². The highest BCUT2D eigenvalue weighted by atomic mass is 32.2. The van der Waals surface area contributed by atoms with Gasteiger partial charge in [0.25, 0.3) is 0 Å². The van der Waals surface area contributed by atoms with E-state index in [0.29, 0.717) is 0 Å². The Bertz CT molecular complexity index is 257. The number of sulfonamides is 1. The van der Waals surface area contributed by atoms with Crippen LogP contribution in [0.15, 0.2) is 0 Å². The summed E-state index contributed by atoms with van der Waals surface area (Å²) < 4.78 is 25.4. The van der Waals surface area contributed by atoms with Gasteiger partial charge < -0.3 is 0 Å². The van der Waals surface area contributed by atoms with Crippen LogP contribution < -0.4 is 0 Å². The van der Waals surface area contributed by atoms with Crippen LogP contribution in [0.5, 0.6) is 0 Å². The maximum Gasteiger partial charge on any atom is 0.217 e. The average molecular weight is 205 g/mol. The second-order valence-electron chi connectivity index (χ2n) is 4.26. The summed E-state index contributed by atoms with van der Waals surface area (Å²) in [5.74, 6) is 0. The first-order valence-corrected chi connectivity index (χ1v) is 6.40. The van der Waals surface area contributed by atoms with Crippen molar-refractivity contribution in [1.82, 2.24) is 4.31 Å². The minimum absolute atomic E-state index is 0.0746. The van der Waals surface area contributed by atoms with Crippen LogP contribution >= 0.6 is 0 Å². The summed E-state index contributed by atoms with van der Waals surface area (Å²) in [5.41, 5.74) is 0. The van der Waals surface area contributed by atoms with Gasteiger partial charge in [-0.1, -0.05) is 0 Å². The van der Waals surface area contributed by atoms with Gasteiger partial charge in [0.05, 0.1) is 5.25 Å². The number of nitrogens with zero attached hydrogens (tertiary/aromatic N) is 1. The summed E-state index contributed by atoms with van der Waals surface area (Å²) in [6, 6.07) is 0.149. The van der Waals surface area contributed by atoms with Gasteiger partial charge in [-0.2, -0.15) is 4.31 Å². The minimum Gasteiger partial charge on any atom is -0.212 e. The molecule has 0 N–H and O–H groups in total. The highest BCUT2D eigenvalue weighted by Crippen LogP contribution is 2.32. The minimum atomic E-state index is -2.99. The summed E-state index contributed by atoms with van der Waals surface area (Å²) in [5, 5.41) is -0.0858. The zero-order valence-corrected chi connectivity index (χ0v) is 9.63. The number of hydrogen-bond acceptors (Lipinski definition) is 2. The van der Waals surface area contributed by atoms with Crippen LogP contribution in [0.3, 0.4) is 0 Å². The van der Waals surface area contributed by atoms with Crippen LogP contribution in [0.2, 0.25) is 0 Å². The van der Waals surface area contributed by atoms with Gasteiger partial charge in [-0.3, -0.25) is 0 Å². The molecule has 3 nitrogen and oxygen atoms in total. The van der Waals surface area contributed by atoms with Gasteiger partial charge >= 0.3 is 0 Å². The average Bonchev–Trinajstić information content (AvgIpc) is 2.61. The Morgan fingerprint density at radius 1 is 1.08 bits per heavy atom. The maximum absolute atomic E-state index is 11.9. The Morgan fingerprint density at radius 2 is 1.46 bits per heavy atom. The molecule has 0 saturated heterocycles. The summed E-state index contributed by atoms with van der Waals surface area (Å²) >= 11 is 0. The predicted molar refractivity (Wildman–Crippen MR) is 54.1 cm³/mol. The Morgan fingerprint density at radius 3 is 1.69 bits per heavy atom. The molecule has 0 amide bonds. The molecule has 0 heterocycles. The molecule has 0 spiro atoms. The van der Waals surface area contributed by atoms with E-state index in [2.05, 4.69) is 0 Å². The topological polar surface area (TPSA) is 37.4 Å². The van der Waals surface area contributed by atoms with E-state index in [1.807, 2.05) is 27.7 Å². The van der Waals surface area contributed by atoms with Crippen LogP contribution in [-0.4, -0.2) is 30.1 Å². The SMILES string of the molecule is CC(C)N(C(C)C)S(=O)(=O)C1CC1. The van der Waals surface area contributed by atoms with Crippen LogP contribution in [0, 0.1) is 0 Å². The van der Waals surface area contributed by atoms with Crippen molar-refractivity contribution in [3.05, 3.63) is 0 Å². The smallest absolute Gasteiger partial charge is 0.212 e. The lowest BCUT2D eigenvalue weighted by molar-refractivity contribution is 0.302. The lowest BCUT2D eigenvalue weighted by Gasteiger charge is -2.29. The molecule has 0 unspecified atom stereocenters. The molecule has 0 aromatic carbocycles. The van der Waals surface area contributed by atoms with E-state index >= 15 is 0 Å². The third kappa shape index (κ3) is 2.23. The van der Waals surface area contributed by atoms with E-state index in [9.17, 15) is 8.42 Å². The Balaban J connectivity index is 2.86. The molecule has 13 heavy (non-hydrogen) atoms. The summed E-state index contributed by atoms with van der Waals surface area (Å²) in [7, 11) is -2.99. The van der Waals surface area contributed by atoms with Gasteiger partial charge in [0.1, 0.15) is 0 Å². The van der Waals surface area contributed by atoms with Crippen LogP contribution in [0.1, 0.15) is 40.5 Å². The van der Waals surface area contributed by atoms with Gasteiger partial charge in [-0.25, -0.2) is 8.42 Å².